The summed E-state index contributed by atoms with van der Waals surface area (Å²) in [5, 5.41) is 0. The largest absolute Gasteiger partial charge is 0.373 e. The molecule has 0 spiro atoms. The van der Waals surface area contributed by atoms with E-state index in [0.29, 0.717) is 27.8 Å². The van der Waals surface area contributed by atoms with E-state index in [4.69, 9.17) is 4.74 Å². The Labute approximate surface area is 206 Å². The van der Waals surface area contributed by atoms with Crippen LogP contribution in [0.1, 0.15) is 42.9 Å². The van der Waals surface area contributed by atoms with Gasteiger partial charge < -0.3 is 9.64 Å². The molecule has 1 aliphatic heterocycles. The minimum atomic E-state index is -2.88. The molecular formula is C25H30F2INO2S. The predicted octanol–water partition coefficient (Wildman–Crippen LogP) is 6.54. The Morgan fingerprint density at radius 3 is 2.59 bits per heavy atom. The van der Waals surface area contributed by atoms with Crippen molar-refractivity contribution in [1.29, 1.82) is 0 Å². The minimum absolute atomic E-state index is 0.108. The summed E-state index contributed by atoms with van der Waals surface area (Å²) in [6.45, 7) is 5.90. The normalized spacial score (nSPS) is 25.0. The van der Waals surface area contributed by atoms with E-state index in [1.807, 2.05) is 36.4 Å². The first kappa shape index (κ1) is 24.2. The Morgan fingerprint density at radius 2 is 1.97 bits per heavy atom. The molecule has 3 atom stereocenters. The SMILES string of the molecule is CC(=O)C1CN(CC2CC[C@H](OCc3cc(-c4ccccc4)c(C(C)(F)F)s3)CC2I)C1. The second-order valence-corrected chi connectivity index (χ2v) is 12.0. The number of thiophene rings is 1. The van der Waals surface area contributed by atoms with Crippen LogP contribution in [0.15, 0.2) is 36.4 Å². The number of nitrogens with zero attached hydrogens (tertiary/aromatic N) is 1. The average Bonchev–Trinajstić information content (AvgIpc) is 3.15. The summed E-state index contributed by atoms with van der Waals surface area (Å²) in [6, 6.07) is 11.3. The van der Waals surface area contributed by atoms with Crippen LogP contribution < -0.4 is 0 Å². The van der Waals surface area contributed by atoms with Gasteiger partial charge in [0, 0.05) is 46.8 Å². The fourth-order valence-corrected chi connectivity index (χ4v) is 6.86. The number of alkyl halides is 3. The van der Waals surface area contributed by atoms with Gasteiger partial charge in [-0.25, -0.2) is 8.78 Å². The predicted molar refractivity (Wildman–Crippen MR) is 134 cm³/mol. The van der Waals surface area contributed by atoms with Crippen molar-refractivity contribution in [3.8, 4) is 11.1 Å². The molecule has 0 bridgehead atoms. The second-order valence-electron chi connectivity index (χ2n) is 9.26. The van der Waals surface area contributed by atoms with Crippen LogP contribution in [-0.4, -0.2) is 40.3 Å². The Balaban J connectivity index is 1.32. The summed E-state index contributed by atoms with van der Waals surface area (Å²) in [5.41, 5.74) is 1.42. The molecule has 4 rings (SSSR count). The summed E-state index contributed by atoms with van der Waals surface area (Å²) >= 11 is 3.70. The molecule has 2 aromatic rings. The molecule has 1 aromatic carbocycles. The molecule has 1 saturated carbocycles. The lowest BCUT2D eigenvalue weighted by Gasteiger charge is -2.42. The highest BCUT2D eigenvalue weighted by Crippen LogP contribution is 2.42. The third kappa shape index (κ3) is 5.77. The lowest BCUT2D eigenvalue weighted by atomic mass is 9.85. The van der Waals surface area contributed by atoms with Gasteiger partial charge in [0.05, 0.1) is 17.6 Å². The molecule has 0 radical (unpaired) electrons. The molecule has 2 fully saturated rings. The Hall–Kier alpha value is -0.900. The molecule has 32 heavy (non-hydrogen) atoms. The molecule has 174 valence electrons. The quantitative estimate of drug-likeness (QED) is 0.266. The van der Waals surface area contributed by atoms with Gasteiger partial charge in [-0.1, -0.05) is 52.9 Å². The number of ketones is 1. The summed E-state index contributed by atoms with van der Waals surface area (Å²) < 4.78 is 35.2. The van der Waals surface area contributed by atoms with Crippen molar-refractivity contribution >= 4 is 39.7 Å². The number of benzene rings is 1. The third-order valence-electron chi connectivity index (χ3n) is 6.61. The fraction of sp³-hybridized carbons (Fsp3) is 0.560. The van der Waals surface area contributed by atoms with Gasteiger partial charge in [0.1, 0.15) is 5.78 Å². The highest BCUT2D eigenvalue weighted by molar-refractivity contribution is 14.1. The van der Waals surface area contributed by atoms with Crippen molar-refractivity contribution in [3.05, 3.63) is 46.2 Å². The van der Waals surface area contributed by atoms with Crippen LogP contribution in [0.3, 0.4) is 0 Å². The summed E-state index contributed by atoms with van der Waals surface area (Å²) in [7, 11) is 0. The van der Waals surface area contributed by atoms with Crippen LogP contribution in [0.25, 0.3) is 11.1 Å². The summed E-state index contributed by atoms with van der Waals surface area (Å²) in [6.07, 6.45) is 3.27. The highest BCUT2D eigenvalue weighted by atomic mass is 127. The van der Waals surface area contributed by atoms with Crippen molar-refractivity contribution < 1.29 is 18.3 Å². The first-order valence-corrected chi connectivity index (χ1v) is 13.3. The maximum absolute atomic E-state index is 14.3. The van der Waals surface area contributed by atoms with Crippen LogP contribution in [0, 0.1) is 11.8 Å². The summed E-state index contributed by atoms with van der Waals surface area (Å²) in [5.74, 6) is -1.72. The monoisotopic (exact) mass is 573 g/mol. The molecule has 2 unspecified atom stereocenters. The van der Waals surface area contributed by atoms with Crippen molar-refractivity contribution in [1.82, 2.24) is 4.90 Å². The van der Waals surface area contributed by atoms with E-state index in [-0.39, 0.29) is 16.9 Å². The molecule has 2 aliphatic rings. The van der Waals surface area contributed by atoms with Crippen molar-refractivity contribution in [3.63, 3.8) is 0 Å². The number of likely N-dealkylation sites (tertiary alicyclic amines) is 1. The fourth-order valence-electron chi connectivity index (χ4n) is 4.68. The van der Waals surface area contributed by atoms with Crippen molar-refractivity contribution in [2.45, 2.75) is 55.7 Å². The van der Waals surface area contributed by atoms with Crippen LogP contribution in [0.5, 0.6) is 0 Å². The number of Topliss-reactive ketones (excluding diaryl/α,β-unsaturated/α-hetero) is 1. The van der Waals surface area contributed by atoms with Crippen LogP contribution in [0.2, 0.25) is 0 Å². The molecule has 3 nitrogen and oxygen atoms in total. The van der Waals surface area contributed by atoms with E-state index in [1.165, 1.54) is 0 Å². The number of carbonyl (C=O) groups excluding carboxylic acids is 1. The molecule has 2 heterocycles. The van der Waals surface area contributed by atoms with Gasteiger partial charge in [-0.2, -0.15) is 0 Å². The molecule has 1 saturated heterocycles. The minimum Gasteiger partial charge on any atom is -0.373 e. The zero-order valence-corrected chi connectivity index (χ0v) is 21.5. The smallest absolute Gasteiger partial charge is 0.280 e. The number of ether oxygens (including phenoxy) is 1. The maximum atomic E-state index is 14.3. The Kier molecular flexibility index (Phi) is 7.69. The Morgan fingerprint density at radius 1 is 1.25 bits per heavy atom. The Bertz CT molecular complexity index is 924. The van der Waals surface area contributed by atoms with Crippen LogP contribution in [0.4, 0.5) is 8.78 Å². The van der Waals surface area contributed by atoms with Gasteiger partial charge in [0.15, 0.2) is 0 Å². The van der Waals surface area contributed by atoms with Gasteiger partial charge in [0.2, 0.25) is 0 Å². The molecule has 1 aliphatic carbocycles. The highest BCUT2D eigenvalue weighted by Gasteiger charge is 2.36. The average molecular weight is 573 g/mol. The first-order chi connectivity index (χ1) is 15.2. The molecular weight excluding hydrogens is 543 g/mol. The van der Waals surface area contributed by atoms with Crippen LogP contribution in [-0.2, 0) is 22.1 Å². The molecule has 7 heteroatoms. The van der Waals surface area contributed by atoms with E-state index in [1.54, 1.807) is 6.92 Å². The first-order valence-electron chi connectivity index (χ1n) is 11.3. The lowest BCUT2D eigenvalue weighted by Crippen LogP contribution is -2.52. The number of carbonyl (C=O) groups is 1. The second kappa shape index (κ2) is 10.2. The third-order valence-corrected chi connectivity index (χ3v) is 9.42. The van der Waals surface area contributed by atoms with Crippen molar-refractivity contribution in [2.75, 3.05) is 19.6 Å². The molecule has 0 N–H and O–H groups in total. The van der Waals surface area contributed by atoms with E-state index < -0.39 is 5.92 Å². The zero-order valence-electron chi connectivity index (χ0n) is 18.5. The van der Waals surface area contributed by atoms with Crippen molar-refractivity contribution in [2.24, 2.45) is 11.8 Å². The number of halogens is 3. The zero-order chi connectivity index (χ0) is 22.9. The number of hydrogen-bond acceptors (Lipinski definition) is 4. The number of hydrogen-bond donors (Lipinski definition) is 0. The van der Waals surface area contributed by atoms with Gasteiger partial charge >= 0.3 is 0 Å². The van der Waals surface area contributed by atoms with Gasteiger partial charge in [0.25, 0.3) is 5.92 Å². The van der Waals surface area contributed by atoms with E-state index in [9.17, 15) is 13.6 Å². The van der Waals surface area contributed by atoms with Gasteiger partial charge in [-0.15, -0.1) is 11.3 Å². The molecule has 0 amide bonds. The maximum Gasteiger partial charge on any atom is 0.280 e. The number of rotatable bonds is 8. The topological polar surface area (TPSA) is 29.5 Å². The van der Waals surface area contributed by atoms with E-state index >= 15 is 0 Å². The standard InChI is InChI=1S/C25H30F2INO2S/c1-16(30)19-13-29(14-19)12-18-8-9-20(10-23(18)28)31-15-21-11-22(17-6-4-3-5-7-17)24(32-21)25(2,26)27/h3-7,11,18-20,23H,8-10,12-15H2,1-2H3/t18?,20-,23?/m0/s1. The van der Waals surface area contributed by atoms with E-state index in [0.717, 1.165) is 67.6 Å². The van der Waals surface area contributed by atoms with Gasteiger partial charge in [-0.05, 0) is 43.7 Å². The van der Waals surface area contributed by atoms with E-state index in [2.05, 4.69) is 27.5 Å². The lowest BCUT2D eigenvalue weighted by molar-refractivity contribution is -0.126. The van der Waals surface area contributed by atoms with Crippen LogP contribution >= 0.6 is 33.9 Å². The summed E-state index contributed by atoms with van der Waals surface area (Å²) in [4.78, 5) is 14.8. The molecule has 1 aromatic heterocycles. The van der Waals surface area contributed by atoms with Gasteiger partial charge in [-0.3, -0.25) is 4.79 Å².